The lowest BCUT2D eigenvalue weighted by molar-refractivity contribution is -0.126. The van der Waals surface area contributed by atoms with Crippen LogP contribution in [0.1, 0.15) is 51.0 Å². The summed E-state index contributed by atoms with van der Waals surface area (Å²) in [7, 11) is 0. The fraction of sp³-hybridized carbons (Fsp3) is 0.400. The van der Waals surface area contributed by atoms with Crippen LogP contribution in [0.4, 0.5) is 5.69 Å². The van der Waals surface area contributed by atoms with Crippen molar-refractivity contribution in [1.82, 2.24) is 10.6 Å². The van der Waals surface area contributed by atoms with Crippen molar-refractivity contribution in [2.45, 2.75) is 58.0 Å². The molecule has 2 aromatic carbocycles. The van der Waals surface area contributed by atoms with E-state index in [1.807, 2.05) is 48.5 Å². The predicted octanol–water partition coefficient (Wildman–Crippen LogP) is 4.01. The Kier molecular flexibility index (Phi) is 8.21. The molecule has 2 aromatic rings. The molecule has 0 radical (unpaired) electrons. The number of para-hydroxylation sites is 1. The number of benzene rings is 2. The summed E-state index contributed by atoms with van der Waals surface area (Å²) in [6.45, 7) is 2.45. The van der Waals surface area contributed by atoms with Crippen LogP contribution in [0.25, 0.3) is 11.1 Å². The van der Waals surface area contributed by atoms with Crippen LogP contribution in [0.2, 0.25) is 0 Å². The smallest absolute Gasteiger partial charge is 0.225 e. The Morgan fingerprint density at radius 2 is 1.77 bits per heavy atom. The highest BCUT2D eigenvalue weighted by Crippen LogP contribution is 2.31. The first-order chi connectivity index (χ1) is 15.1. The molecule has 1 saturated carbocycles. The van der Waals surface area contributed by atoms with Gasteiger partial charge in [-0.25, -0.2) is 0 Å². The molecular formula is C25H31N3O3. The molecule has 6 nitrogen and oxygen atoms in total. The van der Waals surface area contributed by atoms with Crippen LogP contribution in [0.15, 0.2) is 48.5 Å². The lowest BCUT2D eigenvalue weighted by atomic mass is 9.97. The second-order valence-electron chi connectivity index (χ2n) is 8.00. The lowest BCUT2D eigenvalue weighted by Gasteiger charge is -2.21. The van der Waals surface area contributed by atoms with Gasteiger partial charge in [-0.3, -0.25) is 14.4 Å². The van der Waals surface area contributed by atoms with Crippen LogP contribution in [0.5, 0.6) is 0 Å². The molecule has 0 spiro atoms. The molecule has 1 aliphatic rings. The Labute approximate surface area is 183 Å². The van der Waals surface area contributed by atoms with Crippen molar-refractivity contribution in [1.29, 1.82) is 0 Å². The van der Waals surface area contributed by atoms with Gasteiger partial charge in [0.05, 0.1) is 5.92 Å². The number of nitrogens with one attached hydrogen (secondary N) is 3. The third kappa shape index (κ3) is 5.94. The summed E-state index contributed by atoms with van der Waals surface area (Å²) < 4.78 is 0. The van der Waals surface area contributed by atoms with Crippen molar-refractivity contribution in [2.75, 3.05) is 5.32 Å². The topological polar surface area (TPSA) is 87.3 Å². The summed E-state index contributed by atoms with van der Waals surface area (Å²) >= 11 is 0. The third-order valence-electron chi connectivity index (χ3n) is 5.86. The van der Waals surface area contributed by atoms with E-state index in [2.05, 4.69) is 22.9 Å². The summed E-state index contributed by atoms with van der Waals surface area (Å²) in [6, 6.07) is 15.3. The predicted molar refractivity (Wildman–Crippen MR) is 122 cm³/mol. The minimum atomic E-state index is -0.193. The molecule has 0 aromatic heterocycles. The Morgan fingerprint density at radius 1 is 1.03 bits per heavy atom. The largest absolute Gasteiger partial charge is 0.353 e. The van der Waals surface area contributed by atoms with Gasteiger partial charge in [-0.05, 0) is 36.5 Å². The summed E-state index contributed by atoms with van der Waals surface area (Å²) in [5.74, 6) is -0.176. The first-order valence-corrected chi connectivity index (χ1v) is 11.1. The standard InChI is InChI=1S/C25H31N3O3/c1-2-3-15-24(30)28-23-14-8-12-21(23)25(31)26-16-18-9-4-5-10-19(18)20-11-6-7-13-22(20)27-17-29/h4-7,9-11,13,17,21,23H,2-3,8,12,14-16H2,1H3,(H,26,31)(H,27,29)(H,28,30). The van der Waals surface area contributed by atoms with E-state index in [1.165, 1.54) is 0 Å². The van der Waals surface area contributed by atoms with E-state index in [0.717, 1.165) is 54.5 Å². The highest BCUT2D eigenvalue weighted by Gasteiger charge is 2.33. The minimum Gasteiger partial charge on any atom is -0.353 e. The lowest BCUT2D eigenvalue weighted by Crippen LogP contribution is -2.43. The zero-order chi connectivity index (χ0) is 22.1. The van der Waals surface area contributed by atoms with Crippen molar-refractivity contribution in [2.24, 2.45) is 5.92 Å². The number of hydrogen-bond donors (Lipinski definition) is 3. The first kappa shape index (κ1) is 22.5. The Balaban J connectivity index is 1.67. The molecular weight excluding hydrogens is 390 g/mol. The van der Waals surface area contributed by atoms with Gasteiger partial charge in [0.15, 0.2) is 0 Å². The molecule has 1 fully saturated rings. The van der Waals surface area contributed by atoms with Gasteiger partial charge in [0.1, 0.15) is 0 Å². The average molecular weight is 422 g/mol. The van der Waals surface area contributed by atoms with Crippen molar-refractivity contribution >= 4 is 23.9 Å². The normalized spacial score (nSPS) is 17.7. The fourth-order valence-corrected chi connectivity index (χ4v) is 4.22. The Morgan fingerprint density at radius 3 is 2.55 bits per heavy atom. The van der Waals surface area contributed by atoms with E-state index in [0.29, 0.717) is 19.4 Å². The number of anilines is 1. The number of carbonyl (C=O) groups excluding carboxylic acids is 3. The van der Waals surface area contributed by atoms with Crippen molar-refractivity contribution in [3.63, 3.8) is 0 Å². The highest BCUT2D eigenvalue weighted by atomic mass is 16.2. The maximum atomic E-state index is 12.9. The van der Waals surface area contributed by atoms with Gasteiger partial charge >= 0.3 is 0 Å². The number of rotatable bonds is 10. The van der Waals surface area contributed by atoms with Gasteiger partial charge in [-0.15, -0.1) is 0 Å². The van der Waals surface area contributed by atoms with E-state index >= 15 is 0 Å². The summed E-state index contributed by atoms with van der Waals surface area (Å²) in [4.78, 5) is 36.0. The van der Waals surface area contributed by atoms with Crippen molar-refractivity contribution < 1.29 is 14.4 Å². The Hall–Kier alpha value is -3.15. The number of amides is 3. The van der Waals surface area contributed by atoms with Gasteiger partial charge < -0.3 is 16.0 Å². The monoisotopic (exact) mass is 421 g/mol. The molecule has 3 amide bonds. The molecule has 6 heteroatoms. The molecule has 0 saturated heterocycles. The van der Waals surface area contributed by atoms with Gasteiger partial charge in [-0.1, -0.05) is 62.2 Å². The van der Waals surface area contributed by atoms with E-state index in [9.17, 15) is 14.4 Å². The van der Waals surface area contributed by atoms with Crippen LogP contribution in [-0.2, 0) is 20.9 Å². The van der Waals surface area contributed by atoms with Crippen molar-refractivity contribution in [3.05, 3.63) is 54.1 Å². The maximum Gasteiger partial charge on any atom is 0.225 e. The van der Waals surface area contributed by atoms with Gasteiger partial charge in [0.25, 0.3) is 0 Å². The second kappa shape index (κ2) is 11.3. The van der Waals surface area contributed by atoms with Gasteiger partial charge in [0, 0.05) is 30.3 Å². The quantitative estimate of drug-likeness (QED) is 0.507. The molecule has 1 aliphatic carbocycles. The van der Waals surface area contributed by atoms with Crippen LogP contribution in [0, 0.1) is 5.92 Å². The molecule has 2 atom stereocenters. The van der Waals surface area contributed by atoms with E-state index < -0.39 is 0 Å². The molecule has 164 valence electrons. The van der Waals surface area contributed by atoms with Gasteiger partial charge in [0.2, 0.25) is 18.2 Å². The van der Waals surface area contributed by atoms with Crippen LogP contribution >= 0.6 is 0 Å². The highest BCUT2D eigenvalue weighted by molar-refractivity contribution is 5.87. The fourth-order valence-electron chi connectivity index (χ4n) is 4.22. The molecule has 0 bridgehead atoms. The maximum absolute atomic E-state index is 12.9. The van der Waals surface area contributed by atoms with Crippen LogP contribution in [0.3, 0.4) is 0 Å². The van der Waals surface area contributed by atoms with Crippen molar-refractivity contribution in [3.8, 4) is 11.1 Å². The van der Waals surface area contributed by atoms with E-state index in [4.69, 9.17) is 0 Å². The first-order valence-electron chi connectivity index (χ1n) is 11.1. The summed E-state index contributed by atoms with van der Waals surface area (Å²) in [5, 5.41) is 8.87. The molecule has 2 unspecified atom stereocenters. The Bertz CT molecular complexity index is 912. The minimum absolute atomic E-state index is 0.0209. The molecule has 31 heavy (non-hydrogen) atoms. The number of carbonyl (C=O) groups is 3. The number of unbranched alkanes of at least 4 members (excludes halogenated alkanes) is 1. The molecule has 0 heterocycles. The molecule has 3 rings (SSSR count). The molecule has 0 aliphatic heterocycles. The van der Waals surface area contributed by atoms with Crippen LogP contribution in [-0.4, -0.2) is 24.3 Å². The van der Waals surface area contributed by atoms with E-state index in [-0.39, 0.29) is 23.8 Å². The third-order valence-corrected chi connectivity index (χ3v) is 5.86. The van der Waals surface area contributed by atoms with Gasteiger partial charge in [-0.2, -0.15) is 0 Å². The second-order valence-corrected chi connectivity index (χ2v) is 8.00. The SMILES string of the molecule is CCCCC(=O)NC1CCCC1C(=O)NCc1ccccc1-c1ccccc1NC=O. The summed E-state index contributed by atoms with van der Waals surface area (Å²) in [6.07, 6.45) is 5.61. The zero-order valence-corrected chi connectivity index (χ0v) is 18.0. The van der Waals surface area contributed by atoms with Crippen LogP contribution < -0.4 is 16.0 Å². The number of hydrogen-bond acceptors (Lipinski definition) is 3. The zero-order valence-electron chi connectivity index (χ0n) is 18.0. The summed E-state index contributed by atoms with van der Waals surface area (Å²) in [5.41, 5.74) is 3.56. The van der Waals surface area contributed by atoms with E-state index in [1.54, 1.807) is 0 Å². The molecule has 3 N–H and O–H groups in total. The average Bonchev–Trinajstić information content (AvgIpc) is 3.25.